The monoisotopic (exact) mass is 210 g/mol. The first-order valence-electron chi connectivity index (χ1n) is 4.07. The molecule has 2 amide bonds. The van der Waals surface area contributed by atoms with Crippen LogP contribution in [-0.2, 0) is 0 Å². The van der Waals surface area contributed by atoms with Crippen molar-refractivity contribution in [2.75, 3.05) is 0 Å². The number of hydrogen-bond donors (Lipinski definition) is 4. The van der Waals surface area contributed by atoms with Crippen molar-refractivity contribution in [1.82, 2.24) is 5.32 Å². The van der Waals surface area contributed by atoms with Crippen LogP contribution in [0.5, 0.6) is 0 Å². The summed E-state index contributed by atoms with van der Waals surface area (Å²) in [5.74, 6) is -1.25. The zero-order valence-electron chi connectivity index (χ0n) is 7.68. The SMILES string of the molecule is NC(=O)c1ccc(C(=O)NC(O)O)cc1. The molecule has 0 aliphatic rings. The molecule has 1 aromatic carbocycles. The van der Waals surface area contributed by atoms with Gasteiger partial charge in [-0.25, -0.2) is 0 Å². The molecule has 0 saturated carbocycles. The molecule has 0 unspecified atom stereocenters. The smallest absolute Gasteiger partial charge is 0.255 e. The first-order chi connectivity index (χ1) is 7.00. The summed E-state index contributed by atoms with van der Waals surface area (Å²) >= 11 is 0. The van der Waals surface area contributed by atoms with E-state index in [0.29, 0.717) is 0 Å². The van der Waals surface area contributed by atoms with Crippen LogP contribution in [0, 0.1) is 0 Å². The summed E-state index contributed by atoms with van der Waals surface area (Å²) < 4.78 is 0. The zero-order chi connectivity index (χ0) is 11.4. The molecule has 0 fully saturated rings. The van der Waals surface area contributed by atoms with Gasteiger partial charge in [0.1, 0.15) is 0 Å². The van der Waals surface area contributed by atoms with Crippen LogP contribution in [0.2, 0.25) is 0 Å². The Bertz CT molecular complexity index is 372. The number of carbonyl (C=O) groups excluding carboxylic acids is 2. The lowest BCUT2D eigenvalue weighted by atomic mass is 10.1. The molecule has 0 bridgehead atoms. The molecular formula is C9H10N2O4. The minimum absolute atomic E-state index is 0.202. The Labute approximate surface area is 85.3 Å². The lowest BCUT2D eigenvalue weighted by molar-refractivity contribution is -0.0583. The number of hydrogen-bond acceptors (Lipinski definition) is 4. The highest BCUT2D eigenvalue weighted by Gasteiger charge is 2.08. The third kappa shape index (κ3) is 3.04. The molecule has 80 valence electrons. The highest BCUT2D eigenvalue weighted by Crippen LogP contribution is 2.03. The van der Waals surface area contributed by atoms with Crippen LogP contribution in [0.4, 0.5) is 0 Å². The lowest BCUT2D eigenvalue weighted by Gasteiger charge is -2.06. The molecule has 1 rings (SSSR count). The lowest BCUT2D eigenvalue weighted by Crippen LogP contribution is -2.34. The van der Waals surface area contributed by atoms with Gasteiger partial charge in [0.05, 0.1) is 0 Å². The van der Waals surface area contributed by atoms with Gasteiger partial charge >= 0.3 is 0 Å². The molecule has 0 aromatic heterocycles. The summed E-state index contributed by atoms with van der Waals surface area (Å²) in [4.78, 5) is 21.9. The first kappa shape index (κ1) is 11.2. The second kappa shape index (κ2) is 4.54. The molecule has 15 heavy (non-hydrogen) atoms. The molecule has 0 heterocycles. The van der Waals surface area contributed by atoms with Gasteiger partial charge in [-0.1, -0.05) is 0 Å². The van der Waals surface area contributed by atoms with Crippen molar-refractivity contribution in [3.63, 3.8) is 0 Å². The Balaban J connectivity index is 2.80. The summed E-state index contributed by atoms with van der Waals surface area (Å²) in [5, 5.41) is 18.8. The third-order valence-electron chi connectivity index (χ3n) is 1.69. The predicted octanol–water partition coefficient (Wildman–Crippen LogP) is -1.22. The summed E-state index contributed by atoms with van der Waals surface area (Å²) in [6, 6.07) is 5.47. The van der Waals surface area contributed by atoms with Gasteiger partial charge in [-0.3, -0.25) is 9.59 Å². The summed E-state index contributed by atoms with van der Waals surface area (Å²) in [5.41, 5.74) is 5.48. The zero-order valence-corrected chi connectivity index (χ0v) is 7.68. The van der Waals surface area contributed by atoms with Gasteiger partial charge in [0.25, 0.3) is 5.91 Å². The number of aliphatic hydroxyl groups is 2. The maximum absolute atomic E-state index is 11.2. The Morgan fingerprint density at radius 2 is 1.60 bits per heavy atom. The molecule has 0 atom stereocenters. The van der Waals surface area contributed by atoms with Gasteiger partial charge in [-0.15, -0.1) is 0 Å². The number of benzene rings is 1. The van der Waals surface area contributed by atoms with Gasteiger partial charge in [0, 0.05) is 11.1 Å². The Morgan fingerprint density at radius 1 is 1.13 bits per heavy atom. The van der Waals surface area contributed by atoms with E-state index in [0.717, 1.165) is 0 Å². The largest absolute Gasteiger partial charge is 0.366 e. The topological polar surface area (TPSA) is 113 Å². The summed E-state index contributed by atoms with van der Waals surface area (Å²) in [6.45, 7) is 0. The highest BCUT2D eigenvalue weighted by molar-refractivity contribution is 5.97. The maximum Gasteiger partial charge on any atom is 0.255 e. The van der Waals surface area contributed by atoms with Gasteiger partial charge in [-0.2, -0.15) is 0 Å². The Hall–Kier alpha value is -1.92. The third-order valence-corrected chi connectivity index (χ3v) is 1.69. The van der Waals surface area contributed by atoms with Crippen molar-refractivity contribution < 1.29 is 19.8 Å². The molecule has 5 N–H and O–H groups in total. The summed E-state index contributed by atoms with van der Waals surface area (Å²) in [7, 11) is 0. The van der Waals surface area contributed by atoms with Crippen molar-refractivity contribution in [2.24, 2.45) is 5.73 Å². The maximum atomic E-state index is 11.2. The normalized spacial score (nSPS) is 10.1. The van der Waals surface area contributed by atoms with Crippen LogP contribution in [0.3, 0.4) is 0 Å². The highest BCUT2D eigenvalue weighted by atomic mass is 16.5. The second-order valence-corrected chi connectivity index (χ2v) is 2.79. The quantitative estimate of drug-likeness (QED) is 0.468. The fourth-order valence-corrected chi connectivity index (χ4v) is 0.986. The van der Waals surface area contributed by atoms with Crippen molar-refractivity contribution in [3.8, 4) is 0 Å². The van der Waals surface area contributed by atoms with E-state index in [9.17, 15) is 9.59 Å². The first-order valence-corrected chi connectivity index (χ1v) is 4.07. The molecule has 1 aromatic rings. The van der Waals surface area contributed by atoms with Crippen LogP contribution in [-0.4, -0.2) is 28.4 Å². The van der Waals surface area contributed by atoms with Crippen LogP contribution >= 0.6 is 0 Å². The van der Waals surface area contributed by atoms with Crippen molar-refractivity contribution in [1.29, 1.82) is 0 Å². The van der Waals surface area contributed by atoms with Crippen LogP contribution in [0.25, 0.3) is 0 Å². The molecule has 0 aliphatic heterocycles. The van der Waals surface area contributed by atoms with E-state index < -0.39 is 18.2 Å². The van der Waals surface area contributed by atoms with Crippen molar-refractivity contribution in [2.45, 2.75) is 6.41 Å². The van der Waals surface area contributed by atoms with Crippen LogP contribution in [0.1, 0.15) is 20.7 Å². The van der Waals surface area contributed by atoms with Gasteiger partial charge < -0.3 is 21.3 Å². The fraction of sp³-hybridized carbons (Fsp3) is 0.111. The number of aliphatic hydroxyl groups excluding tert-OH is 1. The number of nitrogens with two attached hydrogens (primary N) is 1. The van der Waals surface area contributed by atoms with Gasteiger partial charge in [-0.05, 0) is 24.3 Å². The summed E-state index contributed by atoms with van der Waals surface area (Å²) in [6.07, 6.45) is -1.91. The van der Waals surface area contributed by atoms with Crippen molar-refractivity contribution >= 4 is 11.8 Å². The predicted molar refractivity (Wildman–Crippen MR) is 50.7 cm³/mol. The van der Waals surface area contributed by atoms with Crippen molar-refractivity contribution in [3.05, 3.63) is 35.4 Å². The molecule has 0 aliphatic carbocycles. The van der Waals surface area contributed by atoms with E-state index in [1.807, 2.05) is 5.32 Å². The van der Waals surface area contributed by atoms with E-state index in [1.165, 1.54) is 24.3 Å². The molecule has 6 heteroatoms. The molecule has 0 radical (unpaired) electrons. The van der Waals surface area contributed by atoms with Gasteiger partial charge in [0.2, 0.25) is 12.3 Å². The average molecular weight is 210 g/mol. The van der Waals surface area contributed by atoms with E-state index in [4.69, 9.17) is 15.9 Å². The number of primary amides is 1. The van der Waals surface area contributed by atoms with E-state index in [1.54, 1.807) is 0 Å². The molecule has 0 spiro atoms. The molecular weight excluding hydrogens is 200 g/mol. The van der Waals surface area contributed by atoms with Crippen LogP contribution < -0.4 is 11.1 Å². The number of amides is 2. The van der Waals surface area contributed by atoms with E-state index in [2.05, 4.69) is 0 Å². The van der Waals surface area contributed by atoms with E-state index >= 15 is 0 Å². The minimum atomic E-state index is -1.91. The Morgan fingerprint density at radius 3 is 2.00 bits per heavy atom. The second-order valence-electron chi connectivity index (χ2n) is 2.79. The fourth-order valence-electron chi connectivity index (χ4n) is 0.986. The number of carbonyl (C=O) groups is 2. The van der Waals surface area contributed by atoms with Crippen LogP contribution in [0.15, 0.2) is 24.3 Å². The molecule has 0 saturated heterocycles. The van der Waals surface area contributed by atoms with E-state index in [-0.39, 0.29) is 11.1 Å². The van der Waals surface area contributed by atoms with Gasteiger partial charge in [0.15, 0.2) is 0 Å². The number of nitrogens with one attached hydrogen (secondary N) is 1. The standard InChI is InChI=1S/C9H10N2O4/c10-7(12)5-1-3-6(4-2-5)8(13)11-9(14)15/h1-4,9,14-15H,(H2,10,12)(H,11,13). The molecule has 6 nitrogen and oxygen atoms in total. The minimum Gasteiger partial charge on any atom is -0.366 e. The number of rotatable bonds is 3. The Kier molecular flexibility index (Phi) is 3.37. The average Bonchev–Trinajstić information content (AvgIpc) is 2.17.